The Hall–Kier alpha value is -3.94. The van der Waals surface area contributed by atoms with Crippen LogP contribution in [0, 0.1) is 15.9 Å². The highest BCUT2D eigenvalue weighted by molar-refractivity contribution is 5.95. The number of carbonyl (C=O) groups is 1. The van der Waals surface area contributed by atoms with E-state index in [1.807, 2.05) is 0 Å². The van der Waals surface area contributed by atoms with Crippen molar-refractivity contribution in [1.82, 2.24) is 0 Å². The molecule has 0 spiro atoms. The Balaban J connectivity index is 1.93. The number of amides is 1. The van der Waals surface area contributed by atoms with Crippen molar-refractivity contribution in [2.45, 2.75) is 6.10 Å². The summed E-state index contributed by atoms with van der Waals surface area (Å²) in [6, 6.07) is 17.9. The van der Waals surface area contributed by atoms with E-state index >= 15 is 0 Å². The first-order chi connectivity index (χ1) is 14.0. The lowest BCUT2D eigenvalue weighted by Gasteiger charge is -2.19. The third-order valence-electron chi connectivity index (χ3n) is 4.06. The minimum Gasteiger partial charge on any atom is -0.496 e. The van der Waals surface area contributed by atoms with E-state index < -0.39 is 22.8 Å². The SMILES string of the molecule is COc1ccc(O[C@H](C(=O)Nc2ccc(F)cc2)c2ccccc2)c([N+](=O)[O-])c1. The molecule has 0 unspecified atom stereocenters. The van der Waals surface area contributed by atoms with Gasteiger partial charge in [0.25, 0.3) is 5.91 Å². The van der Waals surface area contributed by atoms with Gasteiger partial charge in [0.15, 0.2) is 5.75 Å². The summed E-state index contributed by atoms with van der Waals surface area (Å²) in [6.07, 6.45) is -1.17. The minimum atomic E-state index is -1.17. The largest absolute Gasteiger partial charge is 0.496 e. The van der Waals surface area contributed by atoms with Crippen LogP contribution in [0.4, 0.5) is 15.8 Å². The van der Waals surface area contributed by atoms with Crippen molar-refractivity contribution in [3.63, 3.8) is 0 Å². The van der Waals surface area contributed by atoms with Gasteiger partial charge < -0.3 is 14.8 Å². The molecule has 3 aromatic rings. The summed E-state index contributed by atoms with van der Waals surface area (Å²) in [5, 5.41) is 14.1. The average molecular weight is 396 g/mol. The van der Waals surface area contributed by atoms with Crippen molar-refractivity contribution >= 4 is 17.3 Å². The molecule has 0 heterocycles. The first kappa shape index (κ1) is 19.8. The van der Waals surface area contributed by atoms with Crippen LogP contribution in [0.15, 0.2) is 72.8 Å². The molecule has 0 bridgehead atoms. The lowest BCUT2D eigenvalue weighted by molar-refractivity contribution is -0.386. The first-order valence-electron chi connectivity index (χ1n) is 8.58. The fraction of sp³-hybridized carbons (Fsp3) is 0.0952. The van der Waals surface area contributed by atoms with E-state index in [1.165, 1.54) is 49.6 Å². The van der Waals surface area contributed by atoms with Crippen LogP contribution in [-0.4, -0.2) is 17.9 Å². The number of hydrogen-bond acceptors (Lipinski definition) is 5. The zero-order valence-corrected chi connectivity index (χ0v) is 15.4. The van der Waals surface area contributed by atoms with Crippen molar-refractivity contribution in [3.8, 4) is 11.5 Å². The van der Waals surface area contributed by atoms with Crippen LogP contribution < -0.4 is 14.8 Å². The average Bonchev–Trinajstić information content (AvgIpc) is 2.74. The third kappa shape index (κ3) is 4.86. The number of ether oxygens (including phenoxy) is 2. The zero-order valence-electron chi connectivity index (χ0n) is 15.4. The van der Waals surface area contributed by atoms with Crippen molar-refractivity contribution < 1.29 is 23.6 Å². The molecule has 1 amide bonds. The molecule has 148 valence electrons. The van der Waals surface area contributed by atoms with Gasteiger partial charge in [-0.25, -0.2) is 4.39 Å². The van der Waals surface area contributed by atoms with Gasteiger partial charge >= 0.3 is 5.69 Å². The summed E-state index contributed by atoms with van der Waals surface area (Å²) in [6.45, 7) is 0. The monoisotopic (exact) mass is 396 g/mol. The van der Waals surface area contributed by atoms with Gasteiger partial charge in [-0.1, -0.05) is 30.3 Å². The molecule has 0 radical (unpaired) electrons. The van der Waals surface area contributed by atoms with Crippen molar-refractivity contribution in [2.75, 3.05) is 12.4 Å². The van der Waals surface area contributed by atoms with Gasteiger partial charge in [-0.15, -0.1) is 0 Å². The molecule has 0 fully saturated rings. The number of nitro benzene ring substituents is 1. The Morgan fingerprint density at radius 2 is 1.76 bits per heavy atom. The smallest absolute Gasteiger partial charge is 0.314 e. The second-order valence-electron chi connectivity index (χ2n) is 6.00. The van der Waals surface area contributed by atoms with Gasteiger partial charge in [-0.3, -0.25) is 14.9 Å². The van der Waals surface area contributed by atoms with Crippen LogP contribution in [0.1, 0.15) is 11.7 Å². The maximum absolute atomic E-state index is 13.1. The second-order valence-corrected chi connectivity index (χ2v) is 6.00. The van der Waals surface area contributed by atoms with Crippen LogP contribution >= 0.6 is 0 Å². The fourth-order valence-electron chi connectivity index (χ4n) is 2.64. The molecular formula is C21H17FN2O5. The molecule has 0 aromatic heterocycles. The molecular weight excluding hydrogens is 379 g/mol. The topological polar surface area (TPSA) is 90.7 Å². The van der Waals surface area contributed by atoms with E-state index in [9.17, 15) is 19.3 Å². The lowest BCUT2D eigenvalue weighted by atomic mass is 10.1. The second kappa shape index (κ2) is 8.83. The van der Waals surface area contributed by atoms with Crippen LogP contribution in [0.25, 0.3) is 0 Å². The Labute approximate surface area is 165 Å². The third-order valence-corrected chi connectivity index (χ3v) is 4.06. The lowest BCUT2D eigenvalue weighted by Crippen LogP contribution is -2.26. The van der Waals surface area contributed by atoms with E-state index in [-0.39, 0.29) is 17.2 Å². The number of rotatable bonds is 7. The van der Waals surface area contributed by atoms with E-state index in [0.29, 0.717) is 11.3 Å². The maximum Gasteiger partial charge on any atom is 0.314 e. The van der Waals surface area contributed by atoms with Crippen molar-refractivity contribution in [1.29, 1.82) is 0 Å². The molecule has 8 heteroatoms. The Morgan fingerprint density at radius 3 is 2.38 bits per heavy atom. The fourth-order valence-corrected chi connectivity index (χ4v) is 2.64. The standard InChI is InChI=1S/C21H17FN2O5/c1-28-17-11-12-19(18(13-17)24(26)27)29-20(14-5-3-2-4-6-14)21(25)23-16-9-7-15(22)8-10-16/h2-13,20H,1H3,(H,23,25)/t20-/m0/s1. The molecule has 29 heavy (non-hydrogen) atoms. The predicted octanol–water partition coefficient (Wildman–Crippen LogP) is 4.50. The summed E-state index contributed by atoms with van der Waals surface area (Å²) in [5.74, 6) is -0.796. The normalized spacial score (nSPS) is 11.4. The molecule has 3 rings (SSSR count). The highest BCUT2D eigenvalue weighted by atomic mass is 19.1. The number of nitrogens with zero attached hydrogens (tertiary/aromatic N) is 1. The highest BCUT2D eigenvalue weighted by Gasteiger charge is 2.27. The molecule has 0 saturated carbocycles. The maximum atomic E-state index is 13.1. The molecule has 1 N–H and O–H groups in total. The van der Waals surface area contributed by atoms with E-state index in [2.05, 4.69) is 5.32 Å². The summed E-state index contributed by atoms with van der Waals surface area (Å²) in [5.41, 5.74) is 0.530. The van der Waals surface area contributed by atoms with Gasteiger partial charge in [-0.2, -0.15) is 0 Å². The molecule has 0 aliphatic carbocycles. The Morgan fingerprint density at radius 1 is 1.07 bits per heavy atom. The number of carbonyl (C=O) groups excluding carboxylic acids is 1. The number of methoxy groups -OCH3 is 1. The van der Waals surface area contributed by atoms with Gasteiger partial charge in [0, 0.05) is 11.3 Å². The number of anilines is 1. The number of benzene rings is 3. The van der Waals surface area contributed by atoms with Gasteiger partial charge in [-0.05, 0) is 36.4 Å². The molecule has 0 aliphatic heterocycles. The molecule has 0 saturated heterocycles. The molecule has 1 atom stereocenters. The highest BCUT2D eigenvalue weighted by Crippen LogP contribution is 2.34. The molecule has 7 nitrogen and oxygen atoms in total. The molecule has 0 aliphatic rings. The van der Waals surface area contributed by atoms with Crippen LogP contribution in [-0.2, 0) is 4.79 Å². The minimum absolute atomic E-state index is 0.0843. The Bertz CT molecular complexity index is 1010. The van der Waals surface area contributed by atoms with Crippen molar-refractivity contribution in [2.24, 2.45) is 0 Å². The van der Waals surface area contributed by atoms with Gasteiger partial charge in [0.2, 0.25) is 6.10 Å². The zero-order chi connectivity index (χ0) is 20.8. The van der Waals surface area contributed by atoms with Crippen molar-refractivity contribution in [3.05, 3.63) is 94.3 Å². The summed E-state index contributed by atoms with van der Waals surface area (Å²) in [4.78, 5) is 23.7. The van der Waals surface area contributed by atoms with Crippen LogP contribution in [0.5, 0.6) is 11.5 Å². The summed E-state index contributed by atoms with van der Waals surface area (Å²) < 4.78 is 23.9. The van der Waals surface area contributed by atoms with E-state index in [0.717, 1.165) is 0 Å². The van der Waals surface area contributed by atoms with E-state index in [4.69, 9.17) is 9.47 Å². The predicted molar refractivity (Wildman–Crippen MR) is 104 cm³/mol. The van der Waals surface area contributed by atoms with Gasteiger partial charge in [0.05, 0.1) is 18.1 Å². The van der Waals surface area contributed by atoms with E-state index in [1.54, 1.807) is 30.3 Å². The van der Waals surface area contributed by atoms with Crippen LogP contribution in [0.3, 0.4) is 0 Å². The number of halogens is 1. The number of nitrogens with one attached hydrogen (secondary N) is 1. The van der Waals surface area contributed by atoms with Crippen LogP contribution in [0.2, 0.25) is 0 Å². The number of hydrogen-bond donors (Lipinski definition) is 1. The molecule has 3 aromatic carbocycles. The summed E-state index contributed by atoms with van der Waals surface area (Å²) >= 11 is 0. The quantitative estimate of drug-likeness (QED) is 0.469. The number of nitro groups is 1. The first-order valence-corrected chi connectivity index (χ1v) is 8.58. The van der Waals surface area contributed by atoms with Gasteiger partial charge in [0.1, 0.15) is 11.6 Å². The Kier molecular flexibility index (Phi) is 6.03. The summed E-state index contributed by atoms with van der Waals surface area (Å²) in [7, 11) is 1.39.